The summed E-state index contributed by atoms with van der Waals surface area (Å²) >= 11 is 0. The average molecular weight is 437 g/mol. The van der Waals surface area contributed by atoms with E-state index in [1.807, 2.05) is 25.1 Å². The fraction of sp³-hybridized carbons (Fsp3) is 0.353. The number of ether oxygens (including phenoxy) is 1. The van der Waals surface area contributed by atoms with Gasteiger partial charge in [-0.15, -0.1) is 0 Å². The van der Waals surface area contributed by atoms with Crippen LogP contribution in [0.1, 0.15) is 11.1 Å². The molecule has 2 aromatic heterocycles. The Morgan fingerprint density at radius 2 is 2.30 bits per heavy atom. The number of aliphatic hydroxyl groups excluding tert-OH is 1. The smallest absolute Gasteiger partial charge is 0.403 e. The van der Waals surface area contributed by atoms with Crippen LogP contribution in [0.25, 0.3) is 11.2 Å². The van der Waals surface area contributed by atoms with Gasteiger partial charge in [0.2, 0.25) is 5.95 Å². The summed E-state index contributed by atoms with van der Waals surface area (Å²) in [5.74, 6) is 0.406. The molecule has 0 spiro atoms. The van der Waals surface area contributed by atoms with Crippen LogP contribution in [0.5, 0.6) is 5.75 Å². The van der Waals surface area contributed by atoms with Crippen LogP contribution in [0.15, 0.2) is 29.3 Å². The summed E-state index contributed by atoms with van der Waals surface area (Å²) in [4.78, 5) is 22.2. The second-order valence-corrected chi connectivity index (χ2v) is 8.20. The predicted molar refractivity (Wildman–Crippen MR) is 105 cm³/mol. The first kappa shape index (κ1) is 20.5. The van der Waals surface area contributed by atoms with Crippen molar-refractivity contribution in [2.75, 3.05) is 18.9 Å². The fourth-order valence-corrected chi connectivity index (χ4v) is 4.20. The van der Waals surface area contributed by atoms with Crippen LogP contribution in [-0.2, 0) is 31.7 Å². The molecule has 0 radical (unpaired) electrons. The Balaban J connectivity index is 1.40. The number of aromatic amines is 1. The quantitative estimate of drug-likeness (QED) is 0.456. The van der Waals surface area contributed by atoms with E-state index in [1.165, 1.54) is 10.9 Å². The topological polar surface area (TPSA) is 164 Å². The van der Waals surface area contributed by atoms with E-state index < -0.39 is 26.1 Å². The number of nitrogen functional groups attached to an aromatic ring is 1. The molecule has 2 atom stereocenters. The minimum Gasteiger partial charge on any atom is -0.403 e. The van der Waals surface area contributed by atoms with Gasteiger partial charge in [-0.3, -0.25) is 23.4 Å². The Bertz CT molecular complexity index is 1180. The van der Waals surface area contributed by atoms with Crippen LogP contribution in [-0.4, -0.2) is 43.9 Å². The number of nitrogens with one attached hydrogen (secondary N) is 1. The number of benzene rings is 1. The average Bonchev–Trinajstić information content (AvgIpc) is 3.12. The number of nitrogens with zero attached hydrogens (tertiary/aromatic N) is 3. The lowest BCUT2D eigenvalue weighted by Gasteiger charge is -2.27. The third-order valence-electron chi connectivity index (χ3n) is 4.44. The molecule has 3 aromatic rings. The van der Waals surface area contributed by atoms with Gasteiger partial charge in [-0.1, -0.05) is 18.2 Å². The van der Waals surface area contributed by atoms with Crippen molar-refractivity contribution in [2.24, 2.45) is 0 Å². The maximum Gasteiger partial charge on any atom is 0.530 e. The zero-order valence-electron chi connectivity index (χ0n) is 16.0. The highest BCUT2D eigenvalue weighted by Gasteiger charge is 2.35. The number of phosphoric ester groups is 1. The number of hydrogen-bond acceptors (Lipinski definition) is 10. The molecule has 4 rings (SSSR count). The Hall–Kier alpha value is -2.76. The molecule has 4 N–H and O–H groups in total. The SMILES string of the molecule is Cc1cccc2c1OP(=O)(OCC(CO)OCn1cnc3c(=O)[nH]c(N)nc31)OC2. The molecule has 0 fully saturated rings. The standard InChI is InChI=1S/C17H20N5O7P/c1-10-3-2-4-11-6-27-30(25,29-14(10)11)28-7-12(5-23)26-9-22-8-19-13-15(22)20-17(18)21-16(13)24/h2-4,8,12,23H,5-7,9H2,1H3,(H3,18,20,21,24). The molecule has 1 aromatic carbocycles. The van der Waals surface area contributed by atoms with Gasteiger partial charge >= 0.3 is 7.82 Å². The number of nitrogens with two attached hydrogens (primary N) is 1. The lowest BCUT2D eigenvalue weighted by Crippen LogP contribution is -2.26. The van der Waals surface area contributed by atoms with Crippen molar-refractivity contribution in [3.63, 3.8) is 0 Å². The monoisotopic (exact) mass is 437 g/mol. The van der Waals surface area contributed by atoms with Crippen molar-refractivity contribution in [3.8, 4) is 5.75 Å². The molecule has 160 valence electrons. The molecule has 0 amide bonds. The lowest BCUT2D eigenvalue weighted by atomic mass is 10.1. The van der Waals surface area contributed by atoms with Crippen LogP contribution >= 0.6 is 7.82 Å². The van der Waals surface area contributed by atoms with Gasteiger partial charge in [0.05, 0.1) is 26.1 Å². The first-order chi connectivity index (χ1) is 14.4. The molecule has 1 aliphatic heterocycles. The Morgan fingerprint density at radius 3 is 3.10 bits per heavy atom. The highest BCUT2D eigenvalue weighted by Crippen LogP contribution is 2.55. The van der Waals surface area contributed by atoms with Crippen LogP contribution in [0.2, 0.25) is 0 Å². The van der Waals surface area contributed by atoms with E-state index in [0.29, 0.717) is 5.75 Å². The third-order valence-corrected chi connectivity index (χ3v) is 5.76. The van der Waals surface area contributed by atoms with Gasteiger partial charge in [0, 0.05) is 5.56 Å². The molecule has 12 nitrogen and oxygen atoms in total. The van der Waals surface area contributed by atoms with Gasteiger partial charge in [-0.05, 0) is 12.5 Å². The molecule has 30 heavy (non-hydrogen) atoms. The third kappa shape index (κ3) is 4.09. The molecule has 13 heteroatoms. The van der Waals surface area contributed by atoms with Gasteiger partial charge in [0.25, 0.3) is 5.56 Å². The van der Waals surface area contributed by atoms with Crippen molar-refractivity contribution in [1.82, 2.24) is 19.5 Å². The first-order valence-electron chi connectivity index (χ1n) is 8.99. The summed E-state index contributed by atoms with van der Waals surface area (Å²) in [6, 6.07) is 5.49. The number of para-hydroxylation sites is 1. The Morgan fingerprint density at radius 1 is 1.47 bits per heavy atom. The van der Waals surface area contributed by atoms with Gasteiger partial charge in [-0.2, -0.15) is 4.98 Å². The lowest BCUT2D eigenvalue weighted by molar-refractivity contribution is -0.0496. The van der Waals surface area contributed by atoms with Crippen molar-refractivity contribution < 1.29 is 28.0 Å². The normalized spacial score (nSPS) is 19.4. The van der Waals surface area contributed by atoms with E-state index in [9.17, 15) is 14.5 Å². The molecule has 0 saturated heterocycles. The van der Waals surface area contributed by atoms with Crippen LogP contribution in [0.3, 0.4) is 0 Å². The van der Waals surface area contributed by atoms with E-state index in [0.717, 1.165) is 11.1 Å². The number of aromatic nitrogens is 4. The van der Waals surface area contributed by atoms with E-state index in [4.69, 9.17) is 24.0 Å². The van der Waals surface area contributed by atoms with Crippen molar-refractivity contribution in [3.05, 3.63) is 46.0 Å². The number of hydrogen-bond donors (Lipinski definition) is 3. The minimum atomic E-state index is -3.86. The van der Waals surface area contributed by atoms with E-state index in [-0.39, 0.29) is 37.1 Å². The Labute approximate surface area is 170 Å². The van der Waals surface area contributed by atoms with Crippen LogP contribution in [0.4, 0.5) is 5.95 Å². The van der Waals surface area contributed by atoms with Crippen LogP contribution in [0, 0.1) is 6.92 Å². The maximum atomic E-state index is 12.8. The zero-order chi connectivity index (χ0) is 21.3. The molecular weight excluding hydrogens is 417 g/mol. The summed E-state index contributed by atoms with van der Waals surface area (Å²) in [7, 11) is -3.86. The number of H-pyrrole nitrogens is 1. The van der Waals surface area contributed by atoms with Crippen molar-refractivity contribution in [2.45, 2.75) is 26.4 Å². The number of rotatable bonds is 7. The van der Waals surface area contributed by atoms with Gasteiger partial charge < -0.3 is 20.1 Å². The number of aryl methyl sites for hydroxylation is 1. The highest BCUT2D eigenvalue weighted by atomic mass is 31.2. The summed E-state index contributed by atoms with van der Waals surface area (Å²) in [6.45, 7) is 1.14. The van der Waals surface area contributed by atoms with Gasteiger partial charge in [-0.25, -0.2) is 9.55 Å². The molecule has 2 unspecified atom stereocenters. The predicted octanol–water partition coefficient (Wildman–Crippen LogP) is 1.08. The zero-order valence-corrected chi connectivity index (χ0v) is 16.9. The second-order valence-electron chi connectivity index (χ2n) is 6.61. The number of aliphatic hydroxyl groups is 1. The number of phosphoric acid groups is 1. The summed E-state index contributed by atoms with van der Waals surface area (Å²) in [5, 5.41) is 9.58. The maximum absolute atomic E-state index is 12.8. The highest BCUT2D eigenvalue weighted by molar-refractivity contribution is 7.49. The molecule has 3 heterocycles. The van der Waals surface area contributed by atoms with E-state index in [2.05, 4.69) is 15.0 Å². The fourth-order valence-electron chi connectivity index (χ4n) is 2.89. The van der Waals surface area contributed by atoms with E-state index >= 15 is 0 Å². The van der Waals surface area contributed by atoms with Gasteiger partial charge in [0.1, 0.15) is 18.6 Å². The Kier molecular flexibility index (Phi) is 5.58. The minimum absolute atomic E-state index is 0.0587. The summed E-state index contributed by atoms with van der Waals surface area (Å²) < 4.78 is 35.9. The van der Waals surface area contributed by atoms with Crippen LogP contribution < -0.4 is 15.8 Å². The number of fused-ring (bicyclic) bond motifs is 2. The molecule has 0 bridgehead atoms. The molecule has 0 aliphatic carbocycles. The molecular formula is C17H20N5O7P. The number of imidazole rings is 1. The van der Waals surface area contributed by atoms with Crippen molar-refractivity contribution >= 4 is 24.9 Å². The van der Waals surface area contributed by atoms with Gasteiger partial charge in [0.15, 0.2) is 11.2 Å². The van der Waals surface area contributed by atoms with E-state index in [1.54, 1.807) is 0 Å². The number of anilines is 1. The van der Waals surface area contributed by atoms with Crippen molar-refractivity contribution in [1.29, 1.82) is 0 Å². The largest absolute Gasteiger partial charge is 0.530 e. The second kappa shape index (κ2) is 8.17. The first-order valence-corrected chi connectivity index (χ1v) is 10.4. The molecule has 0 saturated carbocycles. The molecule has 1 aliphatic rings. The summed E-state index contributed by atoms with van der Waals surface area (Å²) in [5.41, 5.74) is 7.00. The summed E-state index contributed by atoms with van der Waals surface area (Å²) in [6.07, 6.45) is 0.509.